The third-order valence-electron chi connectivity index (χ3n) is 4.62. The zero-order chi connectivity index (χ0) is 24.0. The number of carbonyl (C=O) groups excluding carboxylic acids is 1. The summed E-state index contributed by atoms with van der Waals surface area (Å²) in [5, 5.41) is 2.64. The summed E-state index contributed by atoms with van der Waals surface area (Å²) in [4.78, 5) is 21.5. The normalized spacial score (nSPS) is 14.9. The number of methoxy groups -OCH3 is 2. The molecule has 1 N–H and O–H groups in total. The van der Waals surface area contributed by atoms with Crippen molar-refractivity contribution in [1.82, 2.24) is 15.3 Å². The summed E-state index contributed by atoms with van der Waals surface area (Å²) in [6.45, 7) is 0.804. The molecule has 2 heterocycles. The molecule has 33 heavy (non-hydrogen) atoms. The van der Waals surface area contributed by atoms with Gasteiger partial charge in [0.05, 0.1) is 33.0 Å². The molecule has 0 saturated heterocycles. The van der Waals surface area contributed by atoms with Gasteiger partial charge in [-0.1, -0.05) is 12.1 Å². The molecule has 0 aliphatic carbocycles. The van der Waals surface area contributed by atoms with E-state index in [1.54, 1.807) is 6.08 Å². The molecule has 1 aliphatic rings. The van der Waals surface area contributed by atoms with Crippen LogP contribution in [0, 0.1) is 5.82 Å². The topological polar surface area (TPSA) is 91.8 Å². The van der Waals surface area contributed by atoms with E-state index in [0.717, 1.165) is 17.7 Å². The lowest BCUT2D eigenvalue weighted by Crippen LogP contribution is -2.32. The number of alkyl halides is 3. The van der Waals surface area contributed by atoms with Crippen LogP contribution in [-0.4, -0.2) is 56.3 Å². The molecule has 12 heteroatoms. The quantitative estimate of drug-likeness (QED) is 0.590. The maximum absolute atomic E-state index is 14.2. The van der Waals surface area contributed by atoms with Crippen molar-refractivity contribution in [1.29, 1.82) is 0 Å². The Morgan fingerprint density at radius 2 is 2.03 bits per heavy atom. The molecule has 1 aromatic carbocycles. The molecular weight excluding hydrogens is 450 g/mol. The highest BCUT2D eigenvalue weighted by Crippen LogP contribution is 2.28. The van der Waals surface area contributed by atoms with Crippen molar-refractivity contribution in [2.45, 2.75) is 18.8 Å². The molecule has 0 bridgehead atoms. The highest BCUT2D eigenvalue weighted by Gasteiger charge is 2.32. The number of carbonyl (C=O) groups is 1. The van der Waals surface area contributed by atoms with Gasteiger partial charge in [0.1, 0.15) is 5.69 Å². The standard InChI is InChI=1S/C21H21F4N3O5/c1-30-11-16(13-3-4-17(14(22)9-13)33-21(23,24)25)27-20(29)15-10-18(31-2)28-19(26-15)12-5-7-32-8-6-12/h3-5,9-10,16H,6-8,11H2,1-2H3,(H,27,29)/t16-/m1/s1. The average molecular weight is 471 g/mol. The van der Waals surface area contributed by atoms with Crippen molar-refractivity contribution in [3.05, 3.63) is 53.2 Å². The highest BCUT2D eigenvalue weighted by molar-refractivity contribution is 5.93. The lowest BCUT2D eigenvalue weighted by atomic mass is 10.1. The van der Waals surface area contributed by atoms with Gasteiger partial charge in [0.2, 0.25) is 5.88 Å². The minimum atomic E-state index is -5.04. The summed E-state index contributed by atoms with van der Waals surface area (Å²) in [5.74, 6) is -2.38. The van der Waals surface area contributed by atoms with Crippen LogP contribution in [0.3, 0.4) is 0 Å². The molecule has 0 saturated carbocycles. The lowest BCUT2D eigenvalue weighted by Gasteiger charge is -2.20. The van der Waals surface area contributed by atoms with Gasteiger partial charge in [-0.05, 0) is 29.7 Å². The smallest absolute Gasteiger partial charge is 0.481 e. The number of nitrogens with one attached hydrogen (secondary N) is 1. The van der Waals surface area contributed by atoms with Crippen LogP contribution in [0.2, 0.25) is 0 Å². The largest absolute Gasteiger partial charge is 0.573 e. The number of aromatic nitrogens is 2. The molecule has 0 radical (unpaired) electrons. The Balaban J connectivity index is 1.84. The van der Waals surface area contributed by atoms with Crippen molar-refractivity contribution in [3.8, 4) is 11.6 Å². The number of hydrogen-bond donors (Lipinski definition) is 1. The minimum absolute atomic E-state index is 0.0113. The van der Waals surface area contributed by atoms with Crippen molar-refractivity contribution in [2.75, 3.05) is 34.0 Å². The van der Waals surface area contributed by atoms with Crippen LogP contribution >= 0.6 is 0 Å². The van der Waals surface area contributed by atoms with Crippen molar-refractivity contribution < 1.29 is 41.3 Å². The number of nitrogens with zero attached hydrogens (tertiary/aromatic N) is 2. The van der Waals surface area contributed by atoms with Crippen LogP contribution in [0.15, 0.2) is 30.3 Å². The monoisotopic (exact) mass is 471 g/mol. The van der Waals surface area contributed by atoms with E-state index < -0.39 is 29.9 Å². The minimum Gasteiger partial charge on any atom is -0.481 e. The van der Waals surface area contributed by atoms with E-state index in [4.69, 9.17) is 14.2 Å². The summed E-state index contributed by atoms with van der Waals surface area (Å²) in [6.07, 6.45) is -2.67. The third-order valence-corrected chi connectivity index (χ3v) is 4.62. The fourth-order valence-electron chi connectivity index (χ4n) is 3.08. The van der Waals surface area contributed by atoms with Gasteiger partial charge in [0.15, 0.2) is 17.4 Å². The van der Waals surface area contributed by atoms with Gasteiger partial charge in [0.25, 0.3) is 5.91 Å². The molecule has 8 nitrogen and oxygen atoms in total. The molecule has 1 aliphatic heterocycles. The second kappa shape index (κ2) is 10.6. The molecule has 1 atom stereocenters. The Kier molecular flexibility index (Phi) is 7.82. The SMILES string of the molecule is COC[C@@H](NC(=O)c1cc(OC)nc(C2=CCOCC2)n1)c1ccc(OC(F)(F)F)c(F)c1. The maximum atomic E-state index is 14.2. The predicted molar refractivity (Wildman–Crippen MR) is 107 cm³/mol. The second-order valence-electron chi connectivity index (χ2n) is 6.89. The van der Waals surface area contributed by atoms with E-state index in [1.165, 1.54) is 26.4 Å². The van der Waals surface area contributed by atoms with Crippen molar-refractivity contribution in [2.24, 2.45) is 0 Å². The molecule has 0 spiro atoms. The number of benzene rings is 1. The summed E-state index contributed by atoms with van der Waals surface area (Å²) >= 11 is 0. The van der Waals surface area contributed by atoms with Crippen LogP contribution in [0.1, 0.15) is 34.3 Å². The first-order chi connectivity index (χ1) is 15.7. The zero-order valence-corrected chi connectivity index (χ0v) is 17.7. The van der Waals surface area contributed by atoms with E-state index in [9.17, 15) is 22.4 Å². The Morgan fingerprint density at radius 1 is 1.24 bits per heavy atom. The van der Waals surface area contributed by atoms with Crippen molar-refractivity contribution in [3.63, 3.8) is 0 Å². The molecular formula is C21H21F4N3O5. The first-order valence-electron chi connectivity index (χ1n) is 9.75. The number of halogens is 4. The number of hydrogen-bond acceptors (Lipinski definition) is 7. The van der Waals surface area contributed by atoms with E-state index in [1.807, 2.05) is 0 Å². The van der Waals surface area contributed by atoms with Crippen LogP contribution in [0.4, 0.5) is 17.6 Å². The van der Waals surface area contributed by atoms with Crippen LogP contribution < -0.4 is 14.8 Å². The molecule has 1 amide bonds. The number of ether oxygens (including phenoxy) is 4. The molecule has 2 aromatic rings. The first kappa shape index (κ1) is 24.4. The van der Waals surface area contributed by atoms with E-state index in [-0.39, 0.29) is 23.7 Å². The summed E-state index contributed by atoms with van der Waals surface area (Å²) < 4.78 is 70.5. The first-order valence-corrected chi connectivity index (χ1v) is 9.75. The van der Waals surface area contributed by atoms with E-state index in [0.29, 0.717) is 25.5 Å². The van der Waals surface area contributed by atoms with Gasteiger partial charge in [-0.2, -0.15) is 4.98 Å². The molecule has 0 fully saturated rings. The van der Waals surface area contributed by atoms with Gasteiger partial charge < -0.3 is 24.3 Å². The molecule has 3 rings (SSSR count). The molecule has 1 aromatic heterocycles. The Bertz CT molecular complexity index is 1030. The molecule has 178 valence electrons. The van der Waals surface area contributed by atoms with Gasteiger partial charge in [-0.25, -0.2) is 9.37 Å². The summed E-state index contributed by atoms with van der Waals surface area (Å²) in [5.41, 5.74) is 0.957. The number of amides is 1. The number of rotatable bonds is 8. The van der Waals surface area contributed by atoms with Crippen LogP contribution in [0.25, 0.3) is 5.57 Å². The Hall–Kier alpha value is -3.25. The fraction of sp³-hybridized carbons (Fsp3) is 0.381. The second-order valence-corrected chi connectivity index (χ2v) is 6.89. The van der Waals surface area contributed by atoms with Gasteiger partial charge in [-0.15, -0.1) is 13.2 Å². The summed E-state index contributed by atoms with van der Waals surface area (Å²) in [6, 6.07) is 3.32. The van der Waals surface area contributed by atoms with Crippen molar-refractivity contribution >= 4 is 11.5 Å². The van der Waals surface area contributed by atoms with Crippen LogP contribution in [-0.2, 0) is 9.47 Å². The summed E-state index contributed by atoms with van der Waals surface area (Å²) in [7, 11) is 2.76. The van der Waals surface area contributed by atoms with Crippen LogP contribution in [0.5, 0.6) is 11.6 Å². The molecule has 0 unspecified atom stereocenters. The zero-order valence-electron chi connectivity index (χ0n) is 17.7. The maximum Gasteiger partial charge on any atom is 0.573 e. The van der Waals surface area contributed by atoms with E-state index in [2.05, 4.69) is 20.0 Å². The predicted octanol–water partition coefficient (Wildman–Crippen LogP) is 3.44. The Morgan fingerprint density at radius 3 is 2.64 bits per heavy atom. The van der Waals surface area contributed by atoms with E-state index >= 15 is 0 Å². The van der Waals surface area contributed by atoms with Gasteiger partial charge in [0, 0.05) is 13.2 Å². The van der Waals surface area contributed by atoms with Gasteiger partial charge >= 0.3 is 6.36 Å². The highest BCUT2D eigenvalue weighted by atomic mass is 19.4. The average Bonchev–Trinajstić information content (AvgIpc) is 2.79. The van der Waals surface area contributed by atoms with Gasteiger partial charge in [-0.3, -0.25) is 4.79 Å². The fourth-order valence-corrected chi connectivity index (χ4v) is 3.08. The Labute approximate surface area is 186 Å². The lowest BCUT2D eigenvalue weighted by molar-refractivity contribution is -0.275. The third kappa shape index (κ3) is 6.62.